The summed E-state index contributed by atoms with van der Waals surface area (Å²) in [4.78, 5) is 24.3. The number of carboxylic acid groups (broad SMARTS) is 1. The van der Waals surface area contributed by atoms with E-state index in [2.05, 4.69) is 5.32 Å². The second-order valence-electron chi connectivity index (χ2n) is 8.20. The van der Waals surface area contributed by atoms with Gasteiger partial charge in [-0.15, -0.1) is 0 Å². The zero-order chi connectivity index (χ0) is 25.1. The molecule has 2 unspecified atom stereocenters. The molecule has 9 heteroatoms. The van der Waals surface area contributed by atoms with Crippen LogP contribution in [0.1, 0.15) is 39.4 Å². The van der Waals surface area contributed by atoms with E-state index < -0.39 is 17.4 Å². The first-order valence-corrected chi connectivity index (χ1v) is 12.1. The number of carbonyl (C=O) groups is 2. The number of amides is 1. The molecule has 3 aromatic rings. The fourth-order valence-electron chi connectivity index (χ4n) is 3.90. The number of aliphatic carboxylic acids is 1. The van der Waals surface area contributed by atoms with Crippen molar-refractivity contribution in [3.63, 3.8) is 0 Å². The fraction of sp³-hybridized carbons (Fsp3) is 0.231. The van der Waals surface area contributed by atoms with E-state index in [0.717, 1.165) is 5.56 Å². The van der Waals surface area contributed by atoms with Gasteiger partial charge in [0.2, 0.25) is 0 Å². The zero-order valence-corrected chi connectivity index (χ0v) is 21.0. The molecule has 182 valence electrons. The summed E-state index contributed by atoms with van der Waals surface area (Å²) in [5.41, 5.74) is 2.03. The molecule has 4 rings (SSSR count). The zero-order valence-electron chi connectivity index (χ0n) is 18.7. The fourth-order valence-corrected chi connectivity index (χ4v) is 4.52. The van der Waals surface area contributed by atoms with Crippen molar-refractivity contribution in [2.75, 3.05) is 6.61 Å². The van der Waals surface area contributed by atoms with Gasteiger partial charge in [0.25, 0.3) is 5.91 Å². The van der Waals surface area contributed by atoms with Crippen molar-refractivity contribution in [2.24, 2.45) is 0 Å². The van der Waals surface area contributed by atoms with E-state index in [0.29, 0.717) is 58.4 Å². The van der Waals surface area contributed by atoms with Crippen LogP contribution in [-0.2, 0) is 11.2 Å². The number of ether oxygens (including phenoxy) is 2. The lowest BCUT2D eigenvalue weighted by Crippen LogP contribution is -2.32. The number of aryl methyl sites for hydroxylation is 1. The van der Waals surface area contributed by atoms with Crippen LogP contribution < -0.4 is 14.8 Å². The van der Waals surface area contributed by atoms with Gasteiger partial charge in [0.1, 0.15) is 22.7 Å². The number of nitrogens with one attached hydrogen (secondary N) is 1. The topological polar surface area (TPSA) is 84.9 Å². The van der Waals surface area contributed by atoms with Gasteiger partial charge < -0.3 is 19.9 Å². The molecule has 1 heterocycles. The molecule has 0 radical (unpaired) electrons. The minimum absolute atomic E-state index is 0.271. The molecule has 0 spiro atoms. The maximum absolute atomic E-state index is 12.7. The predicted octanol–water partition coefficient (Wildman–Crippen LogP) is 6.58. The van der Waals surface area contributed by atoms with Crippen LogP contribution in [0, 0.1) is 6.92 Å². The Morgan fingerprint density at radius 2 is 1.89 bits per heavy atom. The highest BCUT2D eigenvalue weighted by Gasteiger charge is 2.29. The van der Waals surface area contributed by atoms with Crippen LogP contribution in [0.5, 0.6) is 17.2 Å². The Labute approximate surface area is 217 Å². The van der Waals surface area contributed by atoms with E-state index in [1.807, 2.05) is 12.1 Å². The lowest BCUT2D eigenvalue weighted by molar-refractivity contribution is -0.139. The Morgan fingerprint density at radius 3 is 2.57 bits per heavy atom. The SMILES string of the molecule is Cc1cc(Oc2cc3c(cc2Cl)C(C(=O)O)CCO3)ccc1C(=O)NC(Cl)Cc1ccc(Cl)cc1. The second-order valence-corrected chi connectivity index (χ2v) is 9.57. The molecule has 0 saturated heterocycles. The normalized spacial score (nSPS) is 15.5. The molecule has 0 saturated carbocycles. The number of fused-ring (bicyclic) bond motifs is 1. The number of benzene rings is 3. The Bertz CT molecular complexity index is 1260. The largest absolute Gasteiger partial charge is 0.493 e. The van der Waals surface area contributed by atoms with Gasteiger partial charge in [0, 0.05) is 28.6 Å². The van der Waals surface area contributed by atoms with Gasteiger partial charge in [0.05, 0.1) is 17.5 Å². The molecule has 6 nitrogen and oxygen atoms in total. The lowest BCUT2D eigenvalue weighted by atomic mass is 9.93. The Morgan fingerprint density at radius 1 is 1.14 bits per heavy atom. The summed E-state index contributed by atoms with van der Waals surface area (Å²) in [6, 6.07) is 15.5. The summed E-state index contributed by atoms with van der Waals surface area (Å²) in [6.45, 7) is 2.09. The van der Waals surface area contributed by atoms with Crippen molar-refractivity contribution in [3.8, 4) is 17.2 Å². The number of carbonyl (C=O) groups excluding carboxylic acids is 1. The third kappa shape index (κ3) is 6.01. The first kappa shape index (κ1) is 25.2. The van der Waals surface area contributed by atoms with Crippen molar-refractivity contribution in [1.82, 2.24) is 5.32 Å². The second kappa shape index (κ2) is 10.8. The molecule has 0 bridgehead atoms. The lowest BCUT2D eigenvalue weighted by Gasteiger charge is -2.24. The van der Waals surface area contributed by atoms with Crippen molar-refractivity contribution in [2.45, 2.75) is 31.2 Å². The number of hydrogen-bond acceptors (Lipinski definition) is 4. The summed E-state index contributed by atoms with van der Waals surface area (Å²) in [5.74, 6) is -0.661. The van der Waals surface area contributed by atoms with Gasteiger partial charge in [-0.25, -0.2) is 0 Å². The molecule has 2 N–H and O–H groups in total. The Balaban J connectivity index is 1.45. The average Bonchev–Trinajstić information content (AvgIpc) is 2.80. The standard InChI is InChI=1S/C26H22Cl3NO5/c1-14-10-17(35-23-13-22-20(12-21(23)28)19(26(32)33)8-9-34-22)6-7-18(14)25(31)30-24(29)11-15-2-4-16(27)5-3-15/h2-7,10,12-13,19,24H,8-9,11H2,1H3,(H,30,31)(H,32,33). The van der Waals surface area contributed by atoms with Gasteiger partial charge >= 0.3 is 5.97 Å². The van der Waals surface area contributed by atoms with Gasteiger partial charge in [-0.2, -0.15) is 0 Å². The van der Waals surface area contributed by atoms with Gasteiger partial charge in [-0.05, 0) is 60.9 Å². The molecule has 1 aliphatic heterocycles. The number of alkyl halides is 1. The predicted molar refractivity (Wildman–Crippen MR) is 135 cm³/mol. The van der Waals surface area contributed by atoms with Crippen LogP contribution in [0.15, 0.2) is 54.6 Å². The number of carboxylic acids is 1. The van der Waals surface area contributed by atoms with Crippen LogP contribution in [0.25, 0.3) is 0 Å². The summed E-state index contributed by atoms with van der Waals surface area (Å²) in [7, 11) is 0. The van der Waals surface area contributed by atoms with E-state index in [-0.39, 0.29) is 10.9 Å². The van der Waals surface area contributed by atoms with Crippen LogP contribution in [0.2, 0.25) is 10.0 Å². The van der Waals surface area contributed by atoms with Crippen LogP contribution >= 0.6 is 34.8 Å². The average molecular weight is 535 g/mol. The molecule has 0 fully saturated rings. The van der Waals surface area contributed by atoms with Gasteiger partial charge in [0.15, 0.2) is 0 Å². The molecular formula is C26H22Cl3NO5. The van der Waals surface area contributed by atoms with E-state index >= 15 is 0 Å². The molecule has 1 amide bonds. The third-order valence-electron chi connectivity index (χ3n) is 5.69. The highest BCUT2D eigenvalue weighted by Crippen LogP contribution is 2.42. The minimum Gasteiger partial charge on any atom is -0.493 e. The number of halogens is 3. The molecule has 1 aliphatic rings. The van der Waals surface area contributed by atoms with Crippen LogP contribution in [-0.4, -0.2) is 29.1 Å². The molecule has 35 heavy (non-hydrogen) atoms. The third-order valence-corrected chi connectivity index (χ3v) is 6.50. The highest BCUT2D eigenvalue weighted by molar-refractivity contribution is 6.32. The summed E-state index contributed by atoms with van der Waals surface area (Å²) in [6.07, 6.45) is 0.830. The van der Waals surface area contributed by atoms with Crippen molar-refractivity contribution in [1.29, 1.82) is 0 Å². The Hall–Kier alpha value is -2.93. The quantitative estimate of drug-likeness (QED) is 0.264. The molecule has 3 aromatic carbocycles. The first-order valence-electron chi connectivity index (χ1n) is 10.9. The molecular weight excluding hydrogens is 513 g/mol. The smallest absolute Gasteiger partial charge is 0.311 e. The summed E-state index contributed by atoms with van der Waals surface area (Å²) in [5, 5.41) is 13.1. The maximum Gasteiger partial charge on any atom is 0.311 e. The van der Waals surface area contributed by atoms with E-state index in [1.54, 1.807) is 49.4 Å². The van der Waals surface area contributed by atoms with E-state index in [1.165, 1.54) is 0 Å². The van der Waals surface area contributed by atoms with E-state index in [4.69, 9.17) is 44.3 Å². The highest BCUT2D eigenvalue weighted by atomic mass is 35.5. The summed E-state index contributed by atoms with van der Waals surface area (Å²) >= 11 is 18.6. The summed E-state index contributed by atoms with van der Waals surface area (Å²) < 4.78 is 11.6. The first-order chi connectivity index (χ1) is 16.7. The number of hydrogen-bond donors (Lipinski definition) is 2. The van der Waals surface area contributed by atoms with E-state index in [9.17, 15) is 14.7 Å². The van der Waals surface area contributed by atoms with Crippen molar-refractivity contribution < 1.29 is 24.2 Å². The van der Waals surface area contributed by atoms with Gasteiger partial charge in [-0.1, -0.05) is 46.9 Å². The molecule has 0 aliphatic carbocycles. The maximum atomic E-state index is 12.7. The number of rotatable bonds is 7. The van der Waals surface area contributed by atoms with Crippen LogP contribution in [0.3, 0.4) is 0 Å². The van der Waals surface area contributed by atoms with Crippen LogP contribution in [0.4, 0.5) is 0 Å². The minimum atomic E-state index is -0.920. The van der Waals surface area contributed by atoms with Gasteiger partial charge in [-0.3, -0.25) is 9.59 Å². The molecule has 2 atom stereocenters. The monoisotopic (exact) mass is 533 g/mol. The Kier molecular flexibility index (Phi) is 7.75. The molecule has 0 aromatic heterocycles. The van der Waals surface area contributed by atoms with Crippen molar-refractivity contribution >= 4 is 46.7 Å². The van der Waals surface area contributed by atoms with Crippen molar-refractivity contribution in [3.05, 3.63) is 86.9 Å².